The second-order valence-corrected chi connectivity index (χ2v) is 15.2. The van der Waals surface area contributed by atoms with Crippen molar-refractivity contribution in [1.82, 2.24) is 5.32 Å². The molecule has 11 heteroatoms. The molecule has 0 aromatic heterocycles. The van der Waals surface area contributed by atoms with Gasteiger partial charge in [-0.3, -0.25) is 5.32 Å². The smallest absolute Gasteiger partial charge is 0.200 e. The molecule has 4 aliphatic rings. The Morgan fingerprint density at radius 3 is 2.35 bits per heavy atom. The van der Waals surface area contributed by atoms with E-state index in [4.69, 9.17) is 23.7 Å². The summed E-state index contributed by atoms with van der Waals surface area (Å²) in [5, 5.41) is 52.3. The summed E-state index contributed by atoms with van der Waals surface area (Å²) in [6.07, 6.45) is 4.49. The highest BCUT2D eigenvalue weighted by atomic mass is 16.5. The summed E-state index contributed by atoms with van der Waals surface area (Å²) in [5.74, 6) is 1.36. The summed E-state index contributed by atoms with van der Waals surface area (Å²) in [4.78, 5) is 0. The summed E-state index contributed by atoms with van der Waals surface area (Å²) >= 11 is 0. The lowest BCUT2D eigenvalue weighted by atomic mass is 9.62. The molecule has 0 spiro atoms. The van der Waals surface area contributed by atoms with E-state index in [2.05, 4.69) is 22.8 Å². The number of aromatic hydroxyl groups is 1. The molecule has 8 rings (SSSR count). The Bertz CT molecular complexity index is 2030. The molecule has 292 valence electrons. The molecule has 0 unspecified atom stereocenters. The molecular formula is C44H52N2O9. The average Bonchev–Trinajstić information content (AvgIpc) is 3.21. The van der Waals surface area contributed by atoms with Crippen LogP contribution < -0.4 is 34.3 Å². The second-order valence-electron chi connectivity index (χ2n) is 15.2. The quantitative estimate of drug-likeness (QED) is 0.0645. The zero-order valence-electron chi connectivity index (χ0n) is 31.8. The Morgan fingerprint density at radius 2 is 1.62 bits per heavy atom. The molecular weight excluding hydrogens is 700 g/mol. The number of ether oxygens (including phenoxy) is 5. The highest BCUT2D eigenvalue weighted by Crippen LogP contribution is 2.57. The van der Waals surface area contributed by atoms with Crippen molar-refractivity contribution >= 4 is 5.69 Å². The van der Waals surface area contributed by atoms with Crippen LogP contribution in [0.15, 0.2) is 54.6 Å². The molecule has 11 nitrogen and oxygen atoms in total. The summed E-state index contributed by atoms with van der Waals surface area (Å²) in [7, 11) is 3.13. The van der Waals surface area contributed by atoms with Gasteiger partial charge in [0.2, 0.25) is 5.75 Å². The van der Waals surface area contributed by atoms with E-state index in [1.165, 1.54) is 19.1 Å². The number of aliphatic hydroxyl groups is 3. The van der Waals surface area contributed by atoms with Crippen LogP contribution in [0, 0.1) is 5.92 Å². The lowest BCUT2D eigenvalue weighted by molar-refractivity contribution is 0.0702. The number of hydrogen-bond acceptors (Lipinski definition) is 11. The molecule has 2 aliphatic heterocycles. The molecule has 2 aliphatic carbocycles. The van der Waals surface area contributed by atoms with Crippen molar-refractivity contribution < 1.29 is 44.1 Å². The third-order valence-electron chi connectivity index (χ3n) is 12.4. The van der Waals surface area contributed by atoms with Crippen molar-refractivity contribution in [2.24, 2.45) is 5.92 Å². The van der Waals surface area contributed by atoms with Gasteiger partial charge in [-0.2, -0.15) is 0 Å². The van der Waals surface area contributed by atoms with Crippen LogP contribution >= 0.6 is 0 Å². The molecule has 0 amide bonds. The Balaban J connectivity index is 1.14. The fourth-order valence-electron chi connectivity index (χ4n) is 9.63. The maximum Gasteiger partial charge on any atom is 0.200 e. The third-order valence-corrected chi connectivity index (χ3v) is 12.4. The Labute approximate surface area is 322 Å². The van der Waals surface area contributed by atoms with Crippen LogP contribution in [0.3, 0.4) is 0 Å². The maximum atomic E-state index is 12.3. The number of aliphatic hydroxyl groups excluding tert-OH is 3. The lowest BCUT2D eigenvalue weighted by Crippen LogP contribution is -2.42. The van der Waals surface area contributed by atoms with Gasteiger partial charge in [-0.05, 0) is 61.1 Å². The average molecular weight is 753 g/mol. The van der Waals surface area contributed by atoms with Crippen molar-refractivity contribution in [3.63, 3.8) is 0 Å². The van der Waals surface area contributed by atoms with Crippen molar-refractivity contribution in [3.05, 3.63) is 88.0 Å². The number of rotatable bonds is 13. The van der Waals surface area contributed by atoms with Crippen molar-refractivity contribution in [2.45, 2.75) is 75.5 Å². The van der Waals surface area contributed by atoms with E-state index in [9.17, 15) is 20.4 Å². The Morgan fingerprint density at radius 1 is 0.873 bits per heavy atom. The number of phenols is 1. The number of benzene rings is 4. The summed E-state index contributed by atoms with van der Waals surface area (Å²) < 4.78 is 30.5. The molecule has 1 saturated carbocycles. The Kier molecular flexibility index (Phi) is 10.5. The van der Waals surface area contributed by atoms with Gasteiger partial charge in [-0.1, -0.05) is 56.5 Å². The van der Waals surface area contributed by atoms with E-state index in [1.807, 2.05) is 37.3 Å². The zero-order chi connectivity index (χ0) is 38.3. The minimum absolute atomic E-state index is 0.0581. The number of hydrogen-bond donors (Lipinski definition) is 6. The van der Waals surface area contributed by atoms with E-state index in [-0.39, 0.29) is 55.1 Å². The number of phenolic OH excluding ortho intramolecular Hbond substituents is 1. The minimum atomic E-state index is -1.02. The molecule has 4 aromatic rings. The first kappa shape index (κ1) is 37.3. The van der Waals surface area contributed by atoms with Crippen LogP contribution in [-0.4, -0.2) is 67.7 Å². The van der Waals surface area contributed by atoms with Gasteiger partial charge in [-0.25, -0.2) is 0 Å². The van der Waals surface area contributed by atoms with Gasteiger partial charge in [-0.15, -0.1) is 0 Å². The van der Waals surface area contributed by atoms with Crippen LogP contribution in [0.4, 0.5) is 5.69 Å². The van der Waals surface area contributed by atoms with Gasteiger partial charge < -0.3 is 49.4 Å². The molecule has 4 atom stereocenters. The van der Waals surface area contributed by atoms with Crippen molar-refractivity contribution in [1.29, 1.82) is 0 Å². The lowest BCUT2D eigenvalue weighted by Gasteiger charge is -2.43. The second kappa shape index (κ2) is 15.5. The summed E-state index contributed by atoms with van der Waals surface area (Å²) in [5.41, 5.74) is 7.39. The molecule has 55 heavy (non-hydrogen) atoms. The normalized spacial score (nSPS) is 20.9. The predicted octanol–water partition coefficient (Wildman–Crippen LogP) is 6.64. The van der Waals surface area contributed by atoms with Gasteiger partial charge in [0, 0.05) is 63.9 Å². The molecule has 4 aromatic carbocycles. The molecule has 6 N–H and O–H groups in total. The van der Waals surface area contributed by atoms with E-state index in [0.29, 0.717) is 46.8 Å². The number of methoxy groups -OCH3 is 2. The van der Waals surface area contributed by atoms with Crippen LogP contribution in [-0.2, 0) is 18.3 Å². The fourth-order valence-corrected chi connectivity index (χ4v) is 9.63. The van der Waals surface area contributed by atoms with Gasteiger partial charge in [0.1, 0.15) is 24.0 Å². The zero-order valence-corrected chi connectivity index (χ0v) is 31.8. The monoisotopic (exact) mass is 752 g/mol. The van der Waals surface area contributed by atoms with Crippen LogP contribution in [0.1, 0.15) is 90.7 Å². The number of anilines is 1. The van der Waals surface area contributed by atoms with Crippen molar-refractivity contribution in [2.75, 3.05) is 52.6 Å². The van der Waals surface area contributed by atoms with Crippen LogP contribution in [0.2, 0.25) is 0 Å². The van der Waals surface area contributed by atoms with Crippen LogP contribution in [0.25, 0.3) is 11.1 Å². The molecule has 1 fully saturated rings. The van der Waals surface area contributed by atoms with Crippen LogP contribution in [0.5, 0.6) is 34.5 Å². The first-order valence-electron chi connectivity index (χ1n) is 19.6. The van der Waals surface area contributed by atoms with Gasteiger partial charge in [0.15, 0.2) is 17.7 Å². The molecule has 0 radical (unpaired) electrons. The Hall–Kier alpha value is -4.68. The van der Waals surface area contributed by atoms with Gasteiger partial charge in [0.05, 0.1) is 39.1 Å². The van der Waals surface area contributed by atoms with E-state index >= 15 is 0 Å². The molecule has 2 heterocycles. The van der Waals surface area contributed by atoms with Gasteiger partial charge in [0.25, 0.3) is 0 Å². The maximum absolute atomic E-state index is 12.3. The molecule has 0 bridgehead atoms. The summed E-state index contributed by atoms with van der Waals surface area (Å²) in [6, 6.07) is 17.6. The topological polar surface area (TPSA) is 151 Å². The highest BCUT2D eigenvalue weighted by Gasteiger charge is 2.43. The third kappa shape index (κ3) is 6.40. The predicted molar refractivity (Wildman–Crippen MR) is 209 cm³/mol. The molecule has 0 saturated heterocycles. The highest BCUT2D eigenvalue weighted by molar-refractivity contribution is 5.93. The first-order chi connectivity index (χ1) is 26.8. The largest absolute Gasteiger partial charge is 0.502 e. The first-order valence-corrected chi connectivity index (χ1v) is 19.6. The SMILES string of the molecule is CCNCOc1cc(OC)c2c3c1[C@H](O)Nc1cc4c(c(c1-3)CC2)[C@@H](O)[C@H](c1cc(OC)c(O)c(OC[C@H](CO)C2(c3ccccc3)CCCCC2)c1)CO4. The van der Waals surface area contributed by atoms with E-state index in [0.717, 1.165) is 60.2 Å². The standard InChI is InChI=1S/C44H52N2O9/c1-4-45-24-55-34-20-32(51-2)28-13-14-29-37-31(46-43(50)40(34)39(28)37)19-33-38(29)41(48)30(23-54-33)25-17-35(52-3)42(49)36(18-25)53-22-27(21-47)44(15-9-6-10-16-44)26-11-7-5-8-12-26/h5,7-8,11-12,17-20,27,30,41,43,45-50H,4,6,9-10,13-16,21-24H2,1-3H3/t27-,30-,41-,43-/m0/s1. The number of nitrogens with one attached hydrogen (secondary N) is 2. The van der Waals surface area contributed by atoms with E-state index < -0.39 is 18.2 Å². The fraction of sp³-hybridized carbons (Fsp3) is 0.455. The minimum Gasteiger partial charge on any atom is -0.502 e. The van der Waals surface area contributed by atoms with Gasteiger partial charge >= 0.3 is 0 Å². The summed E-state index contributed by atoms with van der Waals surface area (Å²) in [6.45, 7) is 3.30. The van der Waals surface area contributed by atoms with E-state index in [1.54, 1.807) is 19.2 Å². The van der Waals surface area contributed by atoms with Crippen molar-refractivity contribution in [3.8, 4) is 45.6 Å². The number of fused-ring (bicyclic) bond motifs is 2.